The van der Waals surface area contributed by atoms with Gasteiger partial charge in [-0.1, -0.05) is 0 Å². The van der Waals surface area contributed by atoms with E-state index >= 15 is 0 Å². The Morgan fingerprint density at radius 2 is 0.915 bits per heavy atom. The molecule has 342 valence electrons. The van der Waals surface area contributed by atoms with Gasteiger partial charge >= 0.3 is 10.4 Å². The number of rotatable bonds is 16. The molecule has 14 N–H and O–H groups in total. The fraction of sp³-hybridized carbons (Fsp3) is 0.903. The van der Waals surface area contributed by atoms with E-state index in [-0.39, 0.29) is 0 Å². The second-order valence-corrected chi connectivity index (χ2v) is 15.3. The van der Waals surface area contributed by atoms with E-state index in [9.17, 15) is 68.8 Å². The molecule has 4 aliphatic rings. The second kappa shape index (κ2) is 21.1. The number of ether oxygens (including phenoxy) is 7. The minimum atomic E-state index is -5.12. The molecular weight excluding hydrogens is 828 g/mol. The topological polar surface area (TPSA) is 410 Å². The third-order valence-electron chi connectivity index (χ3n) is 9.98. The van der Waals surface area contributed by atoms with Crippen LogP contribution < -0.4 is 21.3 Å². The molecule has 4 unspecified atom stereocenters. The van der Waals surface area contributed by atoms with Crippen LogP contribution in [0.3, 0.4) is 0 Å². The van der Waals surface area contributed by atoms with Crippen molar-refractivity contribution in [3.63, 3.8) is 0 Å². The monoisotopic (exact) mass is 882 g/mol. The number of amides is 3. The zero-order valence-corrected chi connectivity index (χ0v) is 32.9. The zero-order chi connectivity index (χ0) is 44.1. The highest BCUT2D eigenvalue weighted by molar-refractivity contribution is 7.80. The molecular formula is C31H54N4O23S. The van der Waals surface area contributed by atoms with Gasteiger partial charge in [0.15, 0.2) is 25.2 Å². The number of aliphatic hydroxyl groups is 9. The third kappa shape index (κ3) is 12.0. The second-order valence-electron chi connectivity index (χ2n) is 14.2. The normalized spacial score (nSPS) is 43.1. The quantitative estimate of drug-likeness (QED) is 0.0640. The zero-order valence-electron chi connectivity index (χ0n) is 32.1. The van der Waals surface area contributed by atoms with Crippen LogP contribution in [0.1, 0.15) is 20.8 Å². The molecule has 4 heterocycles. The number of carbonyl (C=O) groups is 3. The van der Waals surface area contributed by atoms with Crippen LogP contribution in [0.15, 0.2) is 0 Å². The van der Waals surface area contributed by atoms with Crippen molar-refractivity contribution in [2.24, 2.45) is 0 Å². The summed E-state index contributed by atoms with van der Waals surface area (Å²) in [6.45, 7) is -0.569. The number of carbonyl (C=O) groups excluding carboxylic acids is 3. The molecule has 3 amide bonds. The molecule has 0 radical (unpaired) electrons. The average molecular weight is 883 g/mol. The van der Waals surface area contributed by atoms with Crippen LogP contribution in [-0.4, -0.2) is 233 Å². The smallest absolute Gasteiger partial charge is 0.394 e. The van der Waals surface area contributed by atoms with E-state index in [1.807, 2.05) is 0 Å². The lowest BCUT2D eigenvalue weighted by Crippen LogP contribution is -2.71. The Morgan fingerprint density at radius 1 is 0.542 bits per heavy atom. The van der Waals surface area contributed by atoms with Gasteiger partial charge < -0.3 is 100 Å². The van der Waals surface area contributed by atoms with Crippen molar-refractivity contribution in [1.29, 1.82) is 0 Å². The van der Waals surface area contributed by atoms with Crippen molar-refractivity contribution in [3.8, 4) is 0 Å². The van der Waals surface area contributed by atoms with Gasteiger partial charge in [-0.3, -0.25) is 18.9 Å². The molecule has 4 aliphatic heterocycles. The molecule has 0 aromatic heterocycles. The van der Waals surface area contributed by atoms with Gasteiger partial charge in [-0.15, -0.1) is 0 Å². The van der Waals surface area contributed by atoms with Crippen LogP contribution in [0.25, 0.3) is 0 Å². The molecule has 27 nitrogen and oxygen atoms in total. The maximum absolute atomic E-state index is 12.4. The summed E-state index contributed by atoms with van der Waals surface area (Å²) in [7, 11) is -3.73. The molecule has 0 bridgehead atoms. The Morgan fingerprint density at radius 3 is 1.31 bits per heavy atom. The van der Waals surface area contributed by atoms with Crippen molar-refractivity contribution >= 4 is 28.1 Å². The maximum atomic E-state index is 12.4. The molecule has 20 atom stereocenters. The van der Waals surface area contributed by atoms with Crippen LogP contribution in [0.2, 0.25) is 0 Å². The Labute approximate surface area is 336 Å². The van der Waals surface area contributed by atoms with E-state index in [4.69, 9.17) is 37.7 Å². The average Bonchev–Trinajstić information content (AvgIpc) is 3.15. The first-order chi connectivity index (χ1) is 27.6. The largest absolute Gasteiger partial charge is 0.397 e. The van der Waals surface area contributed by atoms with Crippen molar-refractivity contribution in [2.45, 2.75) is 143 Å². The summed E-state index contributed by atoms with van der Waals surface area (Å²) in [6.07, 6.45) is -27.5. The lowest BCUT2D eigenvalue weighted by Gasteiger charge is -2.51. The SMILES string of the molecule is CN[C@H]1C(O)[C@H](O)[C@@H](CO)O[C@H]1O[C@H]1C(O)[C@@H](NC(C)=O)[C@H](O[C@H]2C(O)[C@H](NC(C)=O)[C@H](O[C@H]3C(O)[C@@H](NC(C)=O)[C@H](O)O[C@@H]3COS(=O)(=O)O)O[C@@H]2CO)O[C@@H]1CO. The first-order valence-corrected chi connectivity index (χ1v) is 19.6. The van der Waals surface area contributed by atoms with Crippen LogP contribution in [0, 0.1) is 0 Å². The van der Waals surface area contributed by atoms with Gasteiger partial charge in [0.1, 0.15) is 91.4 Å². The summed E-state index contributed by atoms with van der Waals surface area (Å²) < 4.78 is 76.8. The molecule has 0 spiro atoms. The first kappa shape index (κ1) is 49.3. The van der Waals surface area contributed by atoms with E-state index < -0.39 is 177 Å². The number of hydrogen-bond donors (Lipinski definition) is 14. The summed E-state index contributed by atoms with van der Waals surface area (Å²) in [6, 6.07) is -6.08. The maximum Gasteiger partial charge on any atom is 0.397 e. The van der Waals surface area contributed by atoms with Crippen molar-refractivity contribution in [3.05, 3.63) is 0 Å². The van der Waals surface area contributed by atoms with Gasteiger partial charge in [-0.2, -0.15) is 8.42 Å². The first-order valence-electron chi connectivity index (χ1n) is 18.3. The standard InChI is InChI=1S/C31H54N4O23S/c1-9(39)33-16-22(44)27(15(52-28(16)47)8-51-59(48,49)50)58-31-19(35-11(3)41)24(46)26(14(7-38)55-31)57-30-18(34-10(2)40)23(45)25(13(6-37)54-30)56-29-17(32-4)21(43)20(42)12(5-36)53-29/h12-32,36-38,42-47H,5-8H2,1-4H3,(H,33,39)(H,34,40)(H,35,41)(H,48,49,50)/t12-,13-,14-,15-,16-,17+,18-,19+,20-,21?,22?,23?,24?,25-,26-,27-,28-,29+,30+,31+/m1/s1. The van der Waals surface area contributed by atoms with Gasteiger partial charge in [0.05, 0.1) is 32.5 Å². The number of nitrogens with one attached hydrogen (secondary N) is 4. The van der Waals surface area contributed by atoms with Gasteiger partial charge in [0.2, 0.25) is 17.7 Å². The van der Waals surface area contributed by atoms with Crippen LogP contribution in [-0.2, 0) is 62.1 Å². The highest BCUT2D eigenvalue weighted by Gasteiger charge is 2.56. The van der Waals surface area contributed by atoms with E-state index in [0.717, 1.165) is 20.8 Å². The molecule has 0 aliphatic carbocycles. The lowest BCUT2D eigenvalue weighted by atomic mass is 9.93. The Kier molecular flexibility index (Phi) is 17.6. The highest BCUT2D eigenvalue weighted by Crippen LogP contribution is 2.34. The highest BCUT2D eigenvalue weighted by atomic mass is 32.3. The lowest BCUT2D eigenvalue weighted by molar-refractivity contribution is -0.361. The van der Waals surface area contributed by atoms with E-state index in [1.165, 1.54) is 7.05 Å². The molecule has 59 heavy (non-hydrogen) atoms. The molecule has 4 saturated heterocycles. The molecule has 0 saturated carbocycles. The molecule has 0 aromatic rings. The van der Waals surface area contributed by atoms with Crippen molar-refractivity contribution in [2.75, 3.05) is 33.5 Å². The molecule has 28 heteroatoms. The number of hydrogen-bond acceptors (Lipinski definition) is 23. The van der Waals surface area contributed by atoms with Crippen LogP contribution in [0.5, 0.6) is 0 Å². The third-order valence-corrected chi connectivity index (χ3v) is 10.4. The number of likely N-dealkylation sites (N-methyl/N-ethyl adjacent to an activating group) is 1. The van der Waals surface area contributed by atoms with Gasteiger partial charge in [0.25, 0.3) is 0 Å². The predicted octanol–water partition coefficient (Wildman–Crippen LogP) is -9.26. The number of aliphatic hydroxyl groups excluding tert-OH is 9. The van der Waals surface area contributed by atoms with Gasteiger partial charge in [-0.25, -0.2) is 4.18 Å². The van der Waals surface area contributed by atoms with Gasteiger partial charge in [-0.05, 0) is 7.05 Å². The van der Waals surface area contributed by atoms with E-state index in [0.29, 0.717) is 0 Å². The Hall–Kier alpha value is -2.40. The van der Waals surface area contributed by atoms with E-state index in [1.54, 1.807) is 0 Å². The minimum Gasteiger partial charge on any atom is -0.394 e. The summed E-state index contributed by atoms with van der Waals surface area (Å²) >= 11 is 0. The van der Waals surface area contributed by atoms with Gasteiger partial charge in [0, 0.05) is 20.8 Å². The summed E-state index contributed by atoms with van der Waals surface area (Å²) in [5.74, 6) is -2.31. The molecule has 0 aromatic carbocycles. The predicted molar refractivity (Wildman–Crippen MR) is 186 cm³/mol. The van der Waals surface area contributed by atoms with E-state index in [2.05, 4.69) is 25.5 Å². The minimum absolute atomic E-state index is 0.742. The fourth-order valence-electron chi connectivity index (χ4n) is 7.23. The van der Waals surface area contributed by atoms with Crippen molar-refractivity contribution in [1.82, 2.24) is 21.3 Å². The van der Waals surface area contributed by atoms with Crippen LogP contribution in [0.4, 0.5) is 0 Å². The Balaban J connectivity index is 1.62. The van der Waals surface area contributed by atoms with Crippen LogP contribution >= 0.6 is 0 Å². The summed E-state index contributed by atoms with van der Waals surface area (Å²) in [5, 5.41) is 106. The fourth-order valence-corrected chi connectivity index (χ4v) is 7.54. The summed E-state index contributed by atoms with van der Waals surface area (Å²) in [5.41, 5.74) is 0. The Bertz CT molecular complexity index is 1520. The summed E-state index contributed by atoms with van der Waals surface area (Å²) in [4.78, 5) is 36.7. The molecule has 4 fully saturated rings. The molecule has 4 rings (SSSR count). The van der Waals surface area contributed by atoms with Crippen molar-refractivity contribution < 1.29 is 111 Å².